The van der Waals surface area contributed by atoms with Gasteiger partial charge in [-0.05, 0) is 17.7 Å². The van der Waals surface area contributed by atoms with E-state index in [1.165, 1.54) is 24.3 Å². The lowest BCUT2D eigenvalue weighted by Crippen LogP contribution is -2.40. The number of carboxylic acids is 3. The predicted octanol–water partition coefficient (Wildman–Crippen LogP) is 1.52. The normalized spacial score (nSPS) is 10.8. The van der Waals surface area contributed by atoms with Crippen molar-refractivity contribution in [3.63, 3.8) is 0 Å². The lowest BCUT2D eigenvalue weighted by atomic mass is 9.75. The summed E-state index contributed by atoms with van der Waals surface area (Å²) in [6.45, 7) is 0. The van der Waals surface area contributed by atoms with Gasteiger partial charge in [0.1, 0.15) is 5.41 Å². The van der Waals surface area contributed by atoms with Gasteiger partial charge in [0.25, 0.3) is 0 Å². The minimum atomic E-state index is -2.03. The second-order valence-electron chi connectivity index (χ2n) is 4.20. The highest BCUT2D eigenvalue weighted by atomic mass is 35.5. The summed E-state index contributed by atoms with van der Waals surface area (Å²) < 4.78 is 0. The van der Waals surface area contributed by atoms with Crippen LogP contribution in [-0.2, 0) is 19.8 Å². The van der Waals surface area contributed by atoms with Crippen molar-refractivity contribution >= 4 is 35.4 Å². The fourth-order valence-electron chi connectivity index (χ4n) is 1.91. The van der Waals surface area contributed by atoms with Crippen molar-refractivity contribution in [1.82, 2.24) is 0 Å². The van der Waals surface area contributed by atoms with Crippen LogP contribution in [0.3, 0.4) is 0 Å². The topological polar surface area (TPSA) is 124 Å². The molecule has 0 spiro atoms. The maximum atomic E-state index is 11.5. The van der Waals surface area contributed by atoms with E-state index in [2.05, 4.69) is 4.84 Å². The first kappa shape index (κ1) is 15.8. The molecule has 1 aromatic carbocycles. The van der Waals surface area contributed by atoms with Crippen LogP contribution >= 0.6 is 11.8 Å². The maximum absolute atomic E-state index is 11.5. The van der Waals surface area contributed by atoms with Gasteiger partial charge in [-0.25, -0.2) is 0 Å². The standard InChI is InChI=1S/C12H12ClNO6/c13-14-8-3-1-7(2-4-8)12(11(19)20,5-9(15)16)6-10(17)18/h1-4,14H,5-6H2,(H,15,16)(H,17,18)(H,19,20). The van der Waals surface area contributed by atoms with Crippen LogP contribution in [0.1, 0.15) is 18.4 Å². The van der Waals surface area contributed by atoms with E-state index in [0.717, 1.165) is 0 Å². The number of halogens is 1. The van der Waals surface area contributed by atoms with E-state index in [1.807, 2.05) is 0 Å². The fourth-order valence-corrected chi connectivity index (χ4v) is 2.04. The Bertz CT molecular complexity index is 511. The Morgan fingerprint density at radius 1 is 1.00 bits per heavy atom. The Balaban J connectivity index is 3.34. The van der Waals surface area contributed by atoms with Gasteiger partial charge >= 0.3 is 17.9 Å². The summed E-state index contributed by atoms with van der Waals surface area (Å²) >= 11 is 5.37. The predicted molar refractivity (Wildman–Crippen MR) is 69.7 cm³/mol. The second kappa shape index (κ2) is 6.25. The minimum Gasteiger partial charge on any atom is -0.481 e. The van der Waals surface area contributed by atoms with Gasteiger partial charge in [-0.2, -0.15) is 0 Å². The van der Waals surface area contributed by atoms with Crippen molar-refractivity contribution in [1.29, 1.82) is 0 Å². The highest BCUT2D eigenvalue weighted by molar-refractivity contribution is 6.23. The molecule has 1 rings (SSSR count). The van der Waals surface area contributed by atoms with Crippen molar-refractivity contribution in [3.05, 3.63) is 29.8 Å². The first-order valence-electron chi connectivity index (χ1n) is 5.46. The Kier molecular flexibility index (Phi) is 4.93. The van der Waals surface area contributed by atoms with E-state index >= 15 is 0 Å². The summed E-state index contributed by atoms with van der Waals surface area (Å²) in [5.41, 5.74) is -1.46. The van der Waals surface area contributed by atoms with Gasteiger partial charge in [-0.1, -0.05) is 12.1 Å². The summed E-state index contributed by atoms with van der Waals surface area (Å²) in [5, 5.41) is 27.1. The molecule has 0 aliphatic carbocycles. The van der Waals surface area contributed by atoms with Gasteiger partial charge in [0.2, 0.25) is 0 Å². The molecular weight excluding hydrogens is 290 g/mol. The zero-order valence-corrected chi connectivity index (χ0v) is 10.9. The first-order chi connectivity index (χ1) is 9.31. The molecule has 20 heavy (non-hydrogen) atoms. The van der Waals surface area contributed by atoms with Gasteiger partial charge in [0.15, 0.2) is 0 Å². The summed E-state index contributed by atoms with van der Waals surface area (Å²) in [6, 6.07) is 5.54. The van der Waals surface area contributed by atoms with Gasteiger partial charge < -0.3 is 15.3 Å². The number of benzene rings is 1. The molecule has 0 aliphatic heterocycles. The quantitative estimate of drug-likeness (QED) is 0.563. The smallest absolute Gasteiger partial charge is 0.315 e. The summed E-state index contributed by atoms with van der Waals surface area (Å²) in [6.07, 6.45) is -1.66. The number of carboxylic acid groups (broad SMARTS) is 3. The molecule has 0 aromatic heterocycles. The SMILES string of the molecule is O=C(O)CC(CC(=O)O)(C(=O)O)c1ccc(NCl)cc1. The number of hydrogen-bond donors (Lipinski definition) is 4. The number of anilines is 1. The molecule has 0 heterocycles. The van der Waals surface area contributed by atoms with Crippen LogP contribution < -0.4 is 4.84 Å². The number of aliphatic carboxylic acids is 3. The van der Waals surface area contributed by atoms with E-state index in [1.54, 1.807) is 0 Å². The summed E-state index contributed by atoms with van der Waals surface area (Å²) in [7, 11) is 0. The van der Waals surface area contributed by atoms with E-state index < -0.39 is 36.2 Å². The molecule has 0 bridgehead atoms. The number of rotatable bonds is 7. The molecule has 0 unspecified atom stereocenters. The average Bonchev–Trinajstić information content (AvgIpc) is 2.36. The van der Waals surface area contributed by atoms with Crippen molar-refractivity contribution in [2.45, 2.75) is 18.3 Å². The Morgan fingerprint density at radius 2 is 1.45 bits per heavy atom. The second-order valence-corrected chi connectivity index (χ2v) is 4.39. The number of carbonyl (C=O) groups is 3. The van der Waals surface area contributed by atoms with Crippen LogP contribution in [0, 0.1) is 0 Å². The van der Waals surface area contributed by atoms with Crippen molar-refractivity contribution < 1.29 is 29.7 Å². The summed E-state index contributed by atoms with van der Waals surface area (Å²) in [5.74, 6) is -4.30. The third-order valence-corrected chi connectivity index (χ3v) is 3.08. The van der Waals surface area contributed by atoms with Gasteiger partial charge in [0, 0.05) is 17.5 Å². The Labute approximate surface area is 118 Å². The van der Waals surface area contributed by atoms with Crippen molar-refractivity contribution in [2.75, 3.05) is 4.84 Å². The van der Waals surface area contributed by atoms with Gasteiger partial charge in [-0.3, -0.25) is 19.2 Å². The third-order valence-electron chi connectivity index (χ3n) is 2.86. The summed E-state index contributed by atoms with van der Waals surface area (Å²) in [4.78, 5) is 35.6. The lowest BCUT2D eigenvalue weighted by molar-refractivity contribution is -0.154. The van der Waals surface area contributed by atoms with E-state index in [4.69, 9.17) is 22.0 Å². The molecule has 108 valence electrons. The van der Waals surface area contributed by atoms with E-state index in [-0.39, 0.29) is 5.56 Å². The van der Waals surface area contributed by atoms with Crippen LogP contribution in [0.4, 0.5) is 5.69 Å². The van der Waals surface area contributed by atoms with Crippen LogP contribution in [0.2, 0.25) is 0 Å². The lowest BCUT2D eigenvalue weighted by Gasteiger charge is -2.26. The minimum absolute atomic E-state index is 0.0884. The van der Waals surface area contributed by atoms with Crippen LogP contribution in [0.5, 0.6) is 0 Å². The van der Waals surface area contributed by atoms with Crippen LogP contribution in [-0.4, -0.2) is 33.2 Å². The third kappa shape index (κ3) is 3.39. The zero-order valence-electron chi connectivity index (χ0n) is 10.2. The number of hydrogen-bond acceptors (Lipinski definition) is 4. The molecule has 0 saturated heterocycles. The highest BCUT2D eigenvalue weighted by Gasteiger charge is 2.44. The monoisotopic (exact) mass is 301 g/mol. The first-order valence-corrected chi connectivity index (χ1v) is 5.84. The molecule has 0 radical (unpaired) electrons. The molecule has 7 nitrogen and oxygen atoms in total. The highest BCUT2D eigenvalue weighted by Crippen LogP contribution is 2.33. The van der Waals surface area contributed by atoms with E-state index in [0.29, 0.717) is 5.69 Å². The van der Waals surface area contributed by atoms with Crippen LogP contribution in [0.15, 0.2) is 24.3 Å². The number of nitrogens with one attached hydrogen (secondary N) is 1. The Morgan fingerprint density at radius 3 is 1.75 bits per heavy atom. The molecule has 8 heteroatoms. The maximum Gasteiger partial charge on any atom is 0.315 e. The average molecular weight is 302 g/mol. The largest absolute Gasteiger partial charge is 0.481 e. The van der Waals surface area contributed by atoms with Gasteiger partial charge in [0.05, 0.1) is 12.8 Å². The molecular formula is C12H12ClNO6. The molecule has 0 aliphatic rings. The molecule has 0 amide bonds. The Hall–Kier alpha value is -2.28. The molecule has 4 N–H and O–H groups in total. The van der Waals surface area contributed by atoms with E-state index in [9.17, 15) is 19.5 Å². The molecule has 1 aromatic rings. The molecule has 0 fully saturated rings. The fraction of sp³-hybridized carbons (Fsp3) is 0.250. The van der Waals surface area contributed by atoms with Crippen molar-refractivity contribution in [2.24, 2.45) is 0 Å². The molecule has 0 atom stereocenters. The van der Waals surface area contributed by atoms with Crippen molar-refractivity contribution in [3.8, 4) is 0 Å². The molecule has 0 saturated carbocycles. The zero-order chi connectivity index (χ0) is 15.3. The van der Waals surface area contributed by atoms with Gasteiger partial charge in [-0.15, -0.1) is 0 Å². The van der Waals surface area contributed by atoms with Crippen LogP contribution in [0.25, 0.3) is 0 Å².